The van der Waals surface area contributed by atoms with E-state index in [1.807, 2.05) is 0 Å². The summed E-state index contributed by atoms with van der Waals surface area (Å²) in [7, 11) is 0. The second kappa shape index (κ2) is 10.3. The van der Waals surface area contributed by atoms with E-state index in [2.05, 4.69) is 17.2 Å². The van der Waals surface area contributed by atoms with E-state index in [1.54, 1.807) is 24.3 Å². The van der Waals surface area contributed by atoms with Gasteiger partial charge in [-0.05, 0) is 31.4 Å². The van der Waals surface area contributed by atoms with Crippen molar-refractivity contribution in [3.63, 3.8) is 0 Å². The van der Waals surface area contributed by atoms with Crippen LogP contribution in [0.2, 0.25) is 0 Å². The number of hydrogen-bond acceptors (Lipinski definition) is 3. The maximum absolute atomic E-state index is 12.2. The monoisotopic (exact) mass is 444 g/mol. The van der Waals surface area contributed by atoms with Crippen molar-refractivity contribution in [3.05, 3.63) is 35.4 Å². The maximum Gasteiger partial charge on any atom is 0.261 e. The van der Waals surface area contributed by atoms with Gasteiger partial charge in [-0.2, -0.15) is 0 Å². The molecule has 0 unspecified atom stereocenters. The number of unbranched alkanes of at least 4 members (excludes halogenated alkanes) is 2. The Morgan fingerprint density at radius 3 is 2.33 bits per heavy atom. The average Bonchev–Trinajstić information content (AvgIpc) is 2.80. The fourth-order valence-corrected chi connectivity index (χ4v) is 2.47. The summed E-state index contributed by atoms with van der Waals surface area (Å²) in [5.41, 5.74) is 6.74. The first-order valence-electron chi connectivity index (χ1n) is 8.14. The molecule has 0 aromatic heterocycles. The van der Waals surface area contributed by atoms with Gasteiger partial charge >= 0.3 is 0 Å². The lowest BCUT2D eigenvalue weighted by Gasteiger charge is -2.13. The predicted octanol–water partition coefficient (Wildman–Crippen LogP) is 2.39. The zero-order chi connectivity index (χ0) is 16.7. The molecule has 0 atom stereocenters. The van der Waals surface area contributed by atoms with Crippen LogP contribution in [0.3, 0.4) is 0 Å². The molecule has 7 heteroatoms. The van der Waals surface area contributed by atoms with Gasteiger partial charge in [0.2, 0.25) is 0 Å². The largest absolute Gasteiger partial charge is 0.370 e. The first kappa shape index (κ1) is 20.4. The smallest absolute Gasteiger partial charge is 0.261 e. The lowest BCUT2D eigenvalue weighted by atomic mass is 10.1. The van der Waals surface area contributed by atoms with Gasteiger partial charge in [0.15, 0.2) is 5.96 Å². The van der Waals surface area contributed by atoms with Crippen LogP contribution < -0.4 is 11.1 Å². The van der Waals surface area contributed by atoms with Crippen molar-refractivity contribution >= 4 is 41.8 Å². The first-order valence-corrected chi connectivity index (χ1v) is 8.14. The zero-order valence-corrected chi connectivity index (χ0v) is 16.3. The van der Waals surface area contributed by atoms with Crippen LogP contribution in [0.1, 0.15) is 53.3 Å². The molecule has 2 rings (SSSR count). The Bertz CT molecular complexity index is 569. The minimum Gasteiger partial charge on any atom is -0.370 e. The first-order chi connectivity index (χ1) is 11.1. The fourth-order valence-electron chi connectivity index (χ4n) is 2.47. The molecule has 0 radical (unpaired) electrons. The van der Waals surface area contributed by atoms with Crippen LogP contribution in [0, 0.1) is 0 Å². The average molecular weight is 444 g/mol. The molecule has 2 amide bonds. The summed E-state index contributed by atoms with van der Waals surface area (Å²) in [6.45, 7) is 3.97. The molecule has 1 aliphatic rings. The highest BCUT2D eigenvalue weighted by Gasteiger charge is 2.34. The Kier molecular flexibility index (Phi) is 8.73. The van der Waals surface area contributed by atoms with E-state index >= 15 is 0 Å². The minimum absolute atomic E-state index is 0. The molecule has 1 aromatic carbocycles. The highest BCUT2D eigenvalue weighted by atomic mass is 127. The minimum atomic E-state index is -0.199. The molecule has 1 heterocycles. The Morgan fingerprint density at radius 1 is 1.12 bits per heavy atom. The van der Waals surface area contributed by atoms with Crippen LogP contribution in [0.4, 0.5) is 0 Å². The predicted molar refractivity (Wildman–Crippen MR) is 106 cm³/mol. The Morgan fingerprint density at radius 2 is 1.75 bits per heavy atom. The van der Waals surface area contributed by atoms with Gasteiger partial charge in [-0.1, -0.05) is 25.5 Å². The van der Waals surface area contributed by atoms with Gasteiger partial charge in [0.1, 0.15) is 0 Å². The summed E-state index contributed by atoms with van der Waals surface area (Å²) < 4.78 is 0. The number of fused-ring (bicyclic) bond motifs is 1. The maximum atomic E-state index is 12.2. The molecule has 0 aliphatic carbocycles. The lowest BCUT2D eigenvalue weighted by Crippen LogP contribution is -2.32. The molecule has 0 bridgehead atoms. The van der Waals surface area contributed by atoms with Gasteiger partial charge < -0.3 is 11.1 Å². The van der Waals surface area contributed by atoms with Gasteiger partial charge in [-0.3, -0.25) is 19.5 Å². The number of nitrogens with two attached hydrogens (primary N) is 1. The second-order valence-electron chi connectivity index (χ2n) is 5.56. The number of carbonyl (C=O) groups is 2. The van der Waals surface area contributed by atoms with Crippen molar-refractivity contribution in [2.24, 2.45) is 10.7 Å². The lowest BCUT2D eigenvalue weighted by molar-refractivity contribution is 0.0652. The summed E-state index contributed by atoms with van der Waals surface area (Å²) in [5.74, 6) is 0.0591. The molecule has 0 spiro atoms. The number of hydrogen-bond donors (Lipinski definition) is 2. The third-order valence-corrected chi connectivity index (χ3v) is 3.79. The second-order valence-corrected chi connectivity index (χ2v) is 5.56. The van der Waals surface area contributed by atoms with Gasteiger partial charge in [-0.25, -0.2) is 0 Å². The quantitative estimate of drug-likeness (QED) is 0.212. The molecule has 0 saturated carbocycles. The van der Waals surface area contributed by atoms with Crippen molar-refractivity contribution in [1.29, 1.82) is 0 Å². The van der Waals surface area contributed by atoms with E-state index in [0.717, 1.165) is 32.2 Å². The Labute approximate surface area is 159 Å². The number of rotatable bonds is 8. The molecule has 24 heavy (non-hydrogen) atoms. The highest BCUT2D eigenvalue weighted by Crippen LogP contribution is 2.22. The van der Waals surface area contributed by atoms with E-state index in [1.165, 1.54) is 4.90 Å². The molecule has 0 fully saturated rings. The number of nitrogens with zero attached hydrogens (tertiary/aromatic N) is 2. The van der Waals surface area contributed by atoms with Crippen LogP contribution >= 0.6 is 24.0 Å². The van der Waals surface area contributed by atoms with Crippen LogP contribution in [-0.2, 0) is 0 Å². The van der Waals surface area contributed by atoms with E-state index in [9.17, 15) is 9.59 Å². The number of aliphatic imine (C=N–C) groups is 1. The highest BCUT2D eigenvalue weighted by molar-refractivity contribution is 14.0. The number of nitrogens with one attached hydrogen (secondary N) is 1. The third kappa shape index (κ3) is 5.19. The number of benzene rings is 1. The molecule has 6 nitrogen and oxygen atoms in total. The van der Waals surface area contributed by atoms with Crippen molar-refractivity contribution in [2.45, 2.75) is 32.6 Å². The van der Waals surface area contributed by atoms with Gasteiger partial charge in [0.05, 0.1) is 11.1 Å². The summed E-state index contributed by atoms with van der Waals surface area (Å²) in [4.78, 5) is 29.9. The molecule has 0 saturated heterocycles. The van der Waals surface area contributed by atoms with Crippen LogP contribution in [-0.4, -0.2) is 42.3 Å². The van der Waals surface area contributed by atoms with Crippen molar-refractivity contribution < 1.29 is 9.59 Å². The number of halogens is 1. The normalized spacial score (nSPS) is 13.7. The standard InChI is InChI=1S/C17H24N4O2.HI/c1-2-3-10-19-17(18)20-11-6-7-12-21-15(22)13-8-4-5-9-14(13)16(21)23;/h4-5,8-9H,2-3,6-7,10-12H2,1H3,(H3,18,19,20);1H. The van der Waals surface area contributed by atoms with Crippen molar-refractivity contribution in [1.82, 2.24) is 10.2 Å². The van der Waals surface area contributed by atoms with E-state index < -0.39 is 0 Å². The number of guanidine groups is 1. The molecule has 1 aromatic rings. The summed E-state index contributed by atoms with van der Waals surface area (Å²) in [6.07, 6.45) is 3.68. The zero-order valence-electron chi connectivity index (χ0n) is 14.0. The number of imide groups is 1. The fraction of sp³-hybridized carbons (Fsp3) is 0.471. The van der Waals surface area contributed by atoms with Crippen LogP contribution in [0.15, 0.2) is 29.3 Å². The van der Waals surface area contributed by atoms with E-state index in [0.29, 0.717) is 30.2 Å². The van der Waals surface area contributed by atoms with Crippen molar-refractivity contribution in [3.8, 4) is 0 Å². The Balaban J connectivity index is 0.00000288. The van der Waals surface area contributed by atoms with E-state index in [4.69, 9.17) is 5.73 Å². The van der Waals surface area contributed by atoms with Gasteiger partial charge in [-0.15, -0.1) is 24.0 Å². The molecule has 3 N–H and O–H groups in total. The van der Waals surface area contributed by atoms with Crippen LogP contribution in [0.5, 0.6) is 0 Å². The van der Waals surface area contributed by atoms with E-state index in [-0.39, 0.29) is 35.8 Å². The molecular weight excluding hydrogens is 419 g/mol. The number of carbonyl (C=O) groups excluding carboxylic acids is 2. The van der Waals surface area contributed by atoms with Crippen molar-refractivity contribution in [2.75, 3.05) is 19.6 Å². The number of amides is 2. The van der Waals surface area contributed by atoms with Gasteiger partial charge in [0.25, 0.3) is 11.8 Å². The Hall–Kier alpha value is -1.64. The third-order valence-electron chi connectivity index (χ3n) is 3.79. The topological polar surface area (TPSA) is 87.8 Å². The SMILES string of the molecule is CCCCNC(N)=NCCCCN1C(=O)c2ccccc2C1=O.I. The summed E-state index contributed by atoms with van der Waals surface area (Å²) in [5, 5.41) is 3.05. The van der Waals surface area contributed by atoms with Crippen LogP contribution in [0.25, 0.3) is 0 Å². The molecule has 132 valence electrons. The summed E-state index contributed by atoms with van der Waals surface area (Å²) >= 11 is 0. The van der Waals surface area contributed by atoms with Gasteiger partial charge in [0, 0.05) is 19.6 Å². The molecular formula is C17H25IN4O2. The molecule has 1 aliphatic heterocycles. The summed E-state index contributed by atoms with van der Waals surface area (Å²) in [6, 6.07) is 6.94.